The Hall–Kier alpha value is -1.26. The lowest BCUT2D eigenvalue weighted by atomic mass is 9.69. The normalized spacial score (nSPS) is 36.8. The SMILES string of the molecule is CC1CCC(C2CCC(C(=O)O[C@H]3C=C(F)C(F)=C(F)C3)CC2)CC1. The van der Waals surface area contributed by atoms with Crippen molar-refractivity contribution >= 4 is 5.97 Å². The molecule has 0 aromatic heterocycles. The van der Waals surface area contributed by atoms with Gasteiger partial charge in [-0.3, -0.25) is 4.79 Å². The second-order valence-corrected chi connectivity index (χ2v) is 8.04. The minimum atomic E-state index is -1.48. The van der Waals surface area contributed by atoms with Gasteiger partial charge < -0.3 is 4.74 Å². The van der Waals surface area contributed by atoms with E-state index in [9.17, 15) is 18.0 Å². The molecule has 3 rings (SSSR count). The van der Waals surface area contributed by atoms with Gasteiger partial charge in [-0.2, -0.15) is 0 Å². The van der Waals surface area contributed by atoms with Crippen molar-refractivity contribution in [3.05, 3.63) is 23.6 Å². The van der Waals surface area contributed by atoms with Gasteiger partial charge in [-0.25, -0.2) is 13.2 Å². The number of hydrogen-bond donors (Lipinski definition) is 0. The van der Waals surface area contributed by atoms with Crippen molar-refractivity contribution in [3.8, 4) is 0 Å². The van der Waals surface area contributed by atoms with Crippen LogP contribution in [0.4, 0.5) is 13.2 Å². The van der Waals surface area contributed by atoms with Crippen molar-refractivity contribution in [2.24, 2.45) is 23.7 Å². The Kier molecular flexibility index (Phi) is 5.90. The molecule has 3 aliphatic carbocycles. The minimum Gasteiger partial charge on any atom is -0.457 e. The molecule has 0 heterocycles. The van der Waals surface area contributed by atoms with Gasteiger partial charge in [0, 0.05) is 6.42 Å². The Balaban J connectivity index is 1.46. The van der Waals surface area contributed by atoms with E-state index < -0.39 is 36.0 Å². The summed E-state index contributed by atoms with van der Waals surface area (Å²) < 4.78 is 44.8. The zero-order valence-electron chi connectivity index (χ0n) is 14.8. The van der Waals surface area contributed by atoms with Gasteiger partial charge in [0.2, 0.25) is 0 Å². The quantitative estimate of drug-likeness (QED) is 0.585. The zero-order valence-corrected chi connectivity index (χ0v) is 14.8. The van der Waals surface area contributed by atoms with Crippen molar-refractivity contribution in [2.45, 2.75) is 70.8 Å². The summed E-state index contributed by atoms with van der Waals surface area (Å²) in [6, 6.07) is 0. The van der Waals surface area contributed by atoms with Crippen LogP contribution in [0, 0.1) is 23.7 Å². The third-order valence-electron chi connectivity index (χ3n) is 6.26. The highest BCUT2D eigenvalue weighted by molar-refractivity contribution is 5.73. The first-order chi connectivity index (χ1) is 11.9. The Morgan fingerprint density at radius 1 is 0.960 bits per heavy atom. The van der Waals surface area contributed by atoms with Crippen LogP contribution < -0.4 is 0 Å². The average molecular weight is 356 g/mol. The van der Waals surface area contributed by atoms with Gasteiger partial charge >= 0.3 is 5.97 Å². The molecule has 0 spiro atoms. The summed E-state index contributed by atoms with van der Waals surface area (Å²) in [7, 11) is 0. The first kappa shape index (κ1) is 18.5. The number of carbonyl (C=O) groups is 1. The second-order valence-electron chi connectivity index (χ2n) is 8.04. The lowest BCUT2D eigenvalue weighted by molar-refractivity contribution is -0.153. The van der Waals surface area contributed by atoms with Gasteiger partial charge in [-0.05, 0) is 62.4 Å². The van der Waals surface area contributed by atoms with Crippen molar-refractivity contribution in [1.29, 1.82) is 0 Å². The van der Waals surface area contributed by atoms with Crippen LogP contribution >= 0.6 is 0 Å². The number of carbonyl (C=O) groups excluding carboxylic acids is 1. The Bertz CT molecular complexity index is 553. The number of halogens is 3. The van der Waals surface area contributed by atoms with E-state index >= 15 is 0 Å². The van der Waals surface area contributed by atoms with Crippen LogP contribution in [-0.4, -0.2) is 12.1 Å². The molecule has 0 radical (unpaired) electrons. The molecule has 0 aromatic rings. The van der Waals surface area contributed by atoms with Crippen molar-refractivity contribution in [2.75, 3.05) is 0 Å². The molecular weight excluding hydrogens is 329 g/mol. The predicted molar refractivity (Wildman–Crippen MR) is 89.5 cm³/mol. The highest BCUT2D eigenvalue weighted by atomic mass is 19.2. The summed E-state index contributed by atoms with van der Waals surface area (Å²) in [6.07, 6.45) is 8.21. The number of allylic oxidation sites excluding steroid dienone is 2. The number of rotatable bonds is 3. The summed E-state index contributed by atoms with van der Waals surface area (Å²) in [5.41, 5.74) is 0. The topological polar surface area (TPSA) is 26.3 Å². The maximum absolute atomic E-state index is 13.3. The molecule has 140 valence electrons. The second kappa shape index (κ2) is 7.96. The standard InChI is InChI=1S/C20H27F3O2/c1-12-2-4-13(5-3-12)14-6-8-15(9-7-14)20(24)25-16-10-17(21)19(23)18(22)11-16/h10,12-16H,2-9,11H2,1H3/t12?,13?,14?,15?,16-/m0/s1. The molecule has 0 amide bonds. The third kappa shape index (κ3) is 4.48. The lowest BCUT2D eigenvalue weighted by Gasteiger charge is -2.36. The van der Waals surface area contributed by atoms with E-state index in [1.807, 2.05) is 0 Å². The van der Waals surface area contributed by atoms with Gasteiger partial charge in [0.25, 0.3) is 0 Å². The van der Waals surface area contributed by atoms with E-state index in [4.69, 9.17) is 4.74 Å². The van der Waals surface area contributed by atoms with Gasteiger partial charge in [-0.1, -0.05) is 19.8 Å². The average Bonchev–Trinajstić information content (AvgIpc) is 2.60. The van der Waals surface area contributed by atoms with Crippen molar-refractivity contribution in [1.82, 2.24) is 0 Å². The fraction of sp³-hybridized carbons (Fsp3) is 0.750. The maximum atomic E-state index is 13.3. The van der Waals surface area contributed by atoms with Crippen LogP contribution in [0.25, 0.3) is 0 Å². The number of esters is 1. The highest BCUT2D eigenvalue weighted by Gasteiger charge is 2.34. The Morgan fingerprint density at radius 2 is 1.52 bits per heavy atom. The van der Waals surface area contributed by atoms with Gasteiger partial charge in [0.1, 0.15) is 11.9 Å². The maximum Gasteiger partial charge on any atom is 0.309 e. The molecule has 0 aliphatic heterocycles. The summed E-state index contributed by atoms with van der Waals surface area (Å²) in [5.74, 6) is -2.23. The minimum absolute atomic E-state index is 0.200. The zero-order chi connectivity index (χ0) is 18.0. The molecule has 2 saturated carbocycles. The first-order valence-electron chi connectivity index (χ1n) is 9.56. The lowest BCUT2D eigenvalue weighted by Crippen LogP contribution is -2.30. The molecule has 2 fully saturated rings. The predicted octanol–water partition coefficient (Wildman–Crippen LogP) is 5.94. The Labute approximate surface area is 147 Å². The van der Waals surface area contributed by atoms with Crippen molar-refractivity contribution in [3.63, 3.8) is 0 Å². The van der Waals surface area contributed by atoms with Crippen LogP contribution in [0.1, 0.15) is 64.7 Å². The number of ether oxygens (including phenoxy) is 1. The van der Waals surface area contributed by atoms with E-state index in [0.717, 1.165) is 43.6 Å². The molecule has 0 bridgehead atoms. The molecule has 0 N–H and O–H groups in total. The fourth-order valence-corrected chi connectivity index (χ4v) is 4.60. The molecule has 0 aromatic carbocycles. The van der Waals surface area contributed by atoms with E-state index in [1.165, 1.54) is 25.7 Å². The van der Waals surface area contributed by atoms with Gasteiger partial charge in [-0.15, -0.1) is 0 Å². The molecule has 2 nitrogen and oxygen atoms in total. The van der Waals surface area contributed by atoms with Crippen LogP contribution in [0.15, 0.2) is 23.6 Å². The van der Waals surface area contributed by atoms with Gasteiger partial charge in [0.05, 0.1) is 5.92 Å². The smallest absolute Gasteiger partial charge is 0.309 e. The summed E-state index contributed by atoms with van der Waals surface area (Å²) in [6.45, 7) is 2.32. The van der Waals surface area contributed by atoms with Crippen LogP contribution in [0.3, 0.4) is 0 Å². The third-order valence-corrected chi connectivity index (χ3v) is 6.26. The first-order valence-corrected chi connectivity index (χ1v) is 9.56. The van der Waals surface area contributed by atoms with Crippen LogP contribution in [0.5, 0.6) is 0 Å². The van der Waals surface area contributed by atoms with Crippen LogP contribution in [-0.2, 0) is 9.53 Å². The summed E-state index contributed by atoms with van der Waals surface area (Å²) in [5, 5.41) is 0. The van der Waals surface area contributed by atoms with E-state index in [1.54, 1.807) is 0 Å². The molecule has 1 atom stereocenters. The monoisotopic (exact) mass is 356 g/mol. The number of hydrogen-bond acceptors (Lipinski definition) is 2. The van der Waals surface area contributed by atoms with E-state index in [2.05, 4.69) is 6.92 Å². The van der Waals surface area contributed by atoms with Crippen LogP contribution in [0.2, 0.25) is 0 Å². The van der Waals surface area contributed by atoms with Gasteiger partial charge in [0.15, 0.2) is 11.7 Å². The van der Waals surface area contributed by atoms with Crippen molar-refractivity contribution < 1.29 is 22.7 Å². The Morgan fingerprint density at radius 3 is 2.08 bits per heavy atom. The highest BCUT2D eigenvalue weighted by Crippen LogP contribution is 2.41. The van der Waals surface area contributed by atoms with E-state index in [-0.39, 0.29) is 5.92 Å². The molecule has 3 aliphatic rings. The largest absolute Gasteiger partial charge is 0.457 e. The fourth-order valence-electron chi connectivity index (χ4n) is 4.60. The molecular formula is C20H27F3O2. The molecule has 0 saturated heterocycles. The van der Waals surface area contributed by atoms with E-state index in [0.29, 0.717) is 5.92 Å². The summed E-state index contributed by atoms with van der Waals surface area (Å²) in [4.78, 5) is 12.3. The molecule has 5 heteroatoms. The summed E-state index contributed by atoms with van der Waals surface area (Å²) >= 11 is 0. The molecule has 25 heavy (non-hydrogen) atoms. The molecule has 0 unspecified atom stereocenters.